The summed E-state index contributed by atoms with van der Waals surface area (Å²) in [6.45, 7) is 0. The van der Waals surface area contributed by atoms with Crippen LogP contribution < -0.4 is 13.9 Å². The van der Waals surface area contributed by atoms with Crippen LogP contribution in [0.4, 0.5) is 0 Å². The molecule has 0 saturated heterocycles. The molecule has 13 rings (SSSR count). The lowest BCUT2D eigenvalue weighted by molar-refractivity contribution is -0.923. The van der Waals surface area contributed by atoms with Gasteiger partial charge in [-0.1, -0.05) is 60.7 Å². The van der Waals surface area contributed by atoms with E-state index in [1.54, 1.807) is 0 Å². The van der Waals surface area contributed by atoms with Gasteiger partial charge >= 0.3 is 17.0 Å². The lowest BCUT2D eigenvalue weighted by Crippen LogP contribution is -2.71. The maximum absolute atomic E-state index is 6.95. The predicted octanol–water partition coefficient (Wildman–Crippen LogP) is 7.72. The zero-order valence-electron chi connectivity index (χ0n) is 23.2. The fraction of sp³-hybridized carbons (Fsp3) is 0.0256. The highest BCUT2D eigenvalue weighted by molar-refractivity contribution is 6.19. The highest BCUT2D eigenvalue weighted by Gasteiger charge is 2.67. The molecule has 3 aliphatic rings. The van der Waals surface area contributed by atoms with Crippen LogP contribution in [0.3, 0.4) is 0 Å². The summed E-state index contributed by atoms with van der Waals surface area (Å²) in [4.78, 5) is 0. The maximum Gasteiger partial charge on any atom is 0.316 e. The van der Waals surface area contributed by atoms with Crippen LogP contribution in [0.1, 0.15) is 11.1 Å². The Morgan fingerprint density at radius 2 is 0.864 bits per heavy atom. The van der Waals surface area contributed by atoms with Crippen LogP contribution in [-0.2, 0) is 5.66 Å². The van der Waals surface area contributed by atoms with E-state index in [1.165, 1.54) is 87.8 Å². The van der Waals surface area contributed by atoms with Gasteiger partial charge in [-0.25, -0.2) is 0 Å². The third-order valence-corrected chi connectivity index (χ3v) is 10.8. The molecule has 7 heterocycles. The Kier molecular flexibility index (Phi) is 3.01. The molecule has 0 atom stereocenters. The Morgan fingerprint density at radius 3 is 1.36 bits per heavy atom. The van der Waals surface area contributed by atoms with E-state index in [4.69, 9.17) is 4.74 Å². The molecule has 0 radical (unpaired) electrons. The molecule has 4 aromatic heterocycles. The molecule has 44 heavy (non-hydrogen) atoms. The van der Waals surface area contributed by atoms with Crippen LogP contribution in [0.25, 0.3) is 76.7 Å². The molecule has 3 aliphatic heterocycles. The Morgan fingerprint density at radius 1 is 0.432 bits per heavy atom. The number of imidazole rings is 2. The largest absolute Gasteiger partial charge is 0.456 e. The van der Waals surface area contributed by atoms with Crippen molar-refractivity contribution in [3.63, 3.8) is 0 Å². The van der Waals surface area contributed by atoms with Crippen molar-refractivity contribution < 1.29 is 13.9 Å². The average Bonchev–Trinajstić information content (AvgIpc) is 3.79. The van der Waals surface area contributed by atoms with Gasteiger partial charge in [0, 0.05) is 21.5 Å². The number of benzene rings is 6. The zero-order valence-corrected chi connectivity index (χ0v) is 23.2. The van der Waals surface area contributed by atoms with Crippen molar-refractivity contribution in [2.45, 2.75) is 5.66 Å². The quantitative estimate of drug-likeness (QED) is 0.138. The minimum absolute atomic E-state index is 0.663. The standard InChI is InChI=1S/C39H20N4O/c1-3-11-25-21(9-1)23-17-19-31-35-33(23)37-40(25)27-13-5-7-15-29(27)42(37)39(35)36-32(44-31)20-18-24-22-10-2-4-12-26(22)41-28-14-6-8-16-30(28)43(39)38(41)34(24)36/h1-20H/q+2. The normalized spacial score (nSPS) is 15.2. The third kappa shape index (κ3) is 1.82. The second kappa shape index (κ2) is 6.36. The van der Waals surface area contributed by atoms with Gasteiger partial charge in [0.05, 0.1) is 10.8 Å². The monoisotopic (exact) mass is 560 g/mol. The lowest BCUT2D eigenvalue weighted by Gasteiger charge is -2.31. The molecule has 6 aromatic carbocycles. The van der Waals surface area contributed by atoms with E-state index in [-0.39, 0.29) is 0 Å². The summed E-state index contributed by atoms with van der Waals surface area (Å²) in [6, 6.07) is 44.5. The first-order valence-corrected chi connectivity index (χ1v) is 15.2. The van der Waals surface area contributed by atoms with Gasteiger partial charge in [0.25, 0.3) is 0 Å². The maximum atomic E-state index is 6.95. The molecule has 0 N–H and O–H groups in total. The first kappa shape index (κ1) is 20.9. The summed E-state index contributed by atoms with van der Waals surface area (Å²) in [5.41, 5.74) is 11.6. The van der Waals surface area contributed by atoms with Gasteiger partial charge in [-0.05, 0) is 60.7 Å². The SMILES string of the molecule is c1ccc2c(c1)c1ccc3c4c1c1n2c2ccccc2[n+]1C41c2c(ccc4c5ccccc5n5c6ccccc6[n+]1c5c24)O3. The molecular weight excluding hydrogens is 540 g/mol. The highest BCUT2D eigenvalue weighted by atomic mass is 16.5. The Hall–Kier alpha value is -5.94. The van der Waals surface area contributed by atoms with Crippen molar-refractivity contribution in [2.24, 2.45) is 0 Å². The van der Waals surface area contributed by atoms with Crippen molar-refractivity contribution in [3.05, 3.63) is 132 Å². The summed E-state index contributed by atoms with van der Waals surface area (Å²) in [6.07, 6.45) is 0. The van der Waals surface area contributed by atoms with Crippen molar-refractivity contribution in [3.8, 4) is 11.5 Å². The highest BCUT2D eigenvalue weighted by Crippen LogP contribution is 2.58. The number of hydrogen-bond acceptors (Lipinski definition) is 1. The van der Waals surface area contributed by atoms with Crippen LogP contribution in [0.15, 0.2) is 121 Å². The summed E-state index contributed by atoms with van der Waals surface area (Å²) in [7, 11) is 0. The fourth-order valence-electron chi connectivity index (χ4n) is 9.46. The molecule has 0 aliphatic carbocycles. The number of para-hydroxylation sites is 6. The molecule has 10 aromatic rings. The molecule has 0 fully saturated rings. The molecule has 0 saturated carbocycles. The van der Waals surface area contributed by atoms with Crippen LogP contribution in [0, 0.1) is 0 Å². The predicted molar refractivity (Wildman–Crippen MR) is 172 cm³/mol. The van der Waals surface area contributed by atoms with E-state index in [2.05, 4.69) is 139 Å². The molecule has 5 heteroatoms. The molecule has 200 valence electrons. The Bertz CT molecular complexity index is 2880. The number of pyridine rings is 2. The van der Waals surface area contributed by atoms with Gasteiger partial charge in [0.2, 0.25) is 0 Å². The van der Waals surface area contributed by atoms with Crippen LogP contribution >= 0.6 is 0 Å². The van der Waals surface area contributed by atoms with E-state index in [0.717, 1.165) is 11.5 Å². The summed E-state index contributed by atoms with van der Waals surface area (Å²) in [5.74, 6) is 1.87. The van der Waals surface area contributed by atoms with E-state index in [9.17, 15) is 0 Å². The van der Waals surface area contributed by atoms with Gasteiger partial charge in [-0.3, -0.25) is 0 Å². The molecule has 0 bridgehead atoms. The number of ether oxygens (including phenoxy) is 1. The first-order chi connectivity index (χ1) is 21.9. The first-order valence-electron chi connectivity index (χ1n) is 15.2. The third-order valence-electron chi connectivity index (χ3n) is 10.8. The van der Waals surface area contributed by atoms with Crippen LogP contribution in [0.2, 0.25) is 0 Å². The minimum Gasteiger partial charge on any atom is -0.456 e. The molecule has 5 nitrogen and oxygen atoms in total. The molecule has 0 unspecified atom stereocenters. The van der Waals surface area contributed by atoms with Crippen molar-refractivity contribution in [1.29, 1.82) is 0 Å². The summed E-state index contributed by atoms with van der Waals surface area (Å²) in [5, 5.41) is 7.58. The fourth-order valence-corrected chi connectivity index (χ4v) is 9.46. The van der Waals surface area contributed by atoms with E-state index >= 15 is 0 Å². The second-order valence-corrected chi connectivity index (χ2v) is 12.5. The van der Waals surface area contributed by atoms with Crippen LogP contribution in [0.5, 0.6) is 11.5 Å². The van der Waals surface area contributed by atoms with Crippen molar-refractivity contribution in [2.75, 3.05) is 0 Å². The van der Waals surface area contributed by atoms with E-state index in [0.29, 0.717) is 0 Å². The Balaban J connectivity index is 1.45. The van der Waals surface area contributed by atoms with Gasteiger partial charge in [-0.2, -0.15) is 17.9 Å². The molecular formula is C39H20N4O+2. The molecule has 1 spiro atoms. The van der Waals surface area contributed by atoms with Crippen LogP contribution in [-0.4, -0.2) is 8.80 Å². The number of aromatic nitrogens is 4. The number of rotatable bonds is 0. The average molecular weight is 561 g/mol. The zero-order chi connectivity index (χ0) is 28.1. The lowest BCUT2D eigenvalue weighted by atomic mass is 9.84. The summed E-state index contributed by atoms with van der Waals surface area (Å²) < 4.78 is 17.2. The smallest absolute Gasteiger partial charge is 0.316 e. The Labute approximate surface area is 248 Å². The van der Waals surface area contributed by atoms with Gasteiger partial charge < -0.3 is 4.74 Å². The van der Waals surface area contributed by atoms with Crippen molar-refractivity contribution in [1.82, 2.24) is 8.80 Å². The number of fused-ring (bicyclic) bond motifs is 12. The van der Waals surface area contributed by atoms with Gasteiger partial charge in [0.15, 0.2) is 22.1 Å². The van der Waals surface area contributed by atoms with E-state index < -0.39 is 5.66 Å². The second-order valence-electron chi connectivity index (χ2n) is 12.5. The molecule has 0 amide bonds. The van der Waals surface area contributed by atoms with Gasteiger partial charge in [0.1, 0.15) is 33.7 Å². The minimum atomic E-state index is -0.663. The van der Waals surface area contributed by atoms with Crippen molar-refractivity contribution >= 4 is 76.7 Å². The number of hydrogen-bond donors (Lipinski definition) is 0. The van der Waals surface area contributed by atoms with E-state index in [1.807, 2.05) is 0 Å². The summed E-state index contributed by atoms with van der Waals surface area (Å²) >= 11 is 0. The number of nitrogens with zero attached hydrogens (tertiary/aromatic N) is 4. The topological polar surface area (TPSA) is 25.8 Å². The van der Waals surface area contributed by atoms with Gasteiger partial charge in [-0.15, -0.1) is 0 Å².